The third-order valence-electron chi connectivity index (χ3n) is 2.69. The number of amides is 1. The van der Waals surface area contributed by atoms with Gasteiger partial charge in [0.2, 0.25) is 0 Å². The minimum absolute atomic E-state index is 0.110. The van der Waals surface area contributed by atoms with Crippen LogP contribution in [0.15, 0.2) is 30.3 Å². The predicted octanol–water partition coefficient (Wildman–Crippen LogP) is 3.13. The number of hydrogen-bond donors (Lipinski definition) is 1. The van der Waals surface area contributed by atoms with Crippen LogP contribution in [0.2, 0.25) is 0 Å². The zero-order valence-electron chi connectivity index (χ0n) is 11.0. The molecule has 1 heterocycles. The maximum atomic E-state index is 13.0. The van der Waals surface area contributed by atoms with E-state index in [4.69, 9.17) is 0 Å². The van der Waals surface area contributed by atoms with Crippen LogP contribution in [0.5, 0.6) is 0 Å². The van der Waals surface area contributed by atoms with E-state index in [0.29, 0.717) is 0 Å². The Morgan fingerprint density at radius 2 is 1.85 bits per heavy atom. The molecule has 2 aromatic rings. The van der Waals surface area contributed by atoms with Crippen LogP contribution in [0.4, 0.5) is 14.5 Å². The van der Waals surface area contributed by atoms with E-state index in [1.807, 2.05) is 13.8 Å². The fourth-order valence-electron chi connectivity index (χ4n) is 1.54. The zero-order valence-corrected chi connectivity index (χ0v) is 11.0. The first-order valence-corrected chi connectivity index (χ1v) is 6.07. The number of nitrogens with zero attached hydrogens (tertiary/aromatic N) is 2. The highest BCUT2D eigenvalue weighted by Crippen LogP contribution is 2.14. The van der Waals surface area contributed by atoms with E-state index < -0.39 is 17.5 Å². The number of carbonyl (C=O) groups excluding carboxylic acids is 1. The van der Waals surface area contributed by atoms with Gasteiger partial charge in [-0.05, 0) is 30.2 Å². The summed E-state index contributed by atoms with van der Waals surface area (Å²) < 4.78 is 25.8. The second-order valence-corrected chi connectivity index (χ2v) is 4.58. The Labute approximate surface area is 114 Å². The van der Waals surface area contributed by atoms with Gasteiger partial charge in [-0.2, -0.15) is 5.10 Å². The van der Waals surface area contributed by atoms with Gasteiger partial charge in [0.25, 0.3) is 5.91 Å². The number of benzene rings is 1. The lowest BCUT2D eigenvalue weighted by molar-refractivity contribution is 0.102. The van der Waals surface area contributed by atoms with Crippen LogP contribution in [-0.4, -0.2) is 16.1 Å². The van der Waals surface area contributed by atoms with Gasteiger partial charge >= 0.3 is 0 Å². The molecule has 1 aromatic heterocycles. The topological polar surface area (TPSA) is 54.9 Å². The molecule has 0 aliphatic carbocycles. The molecule has 2 rings (SSSR count). The highest BCUT2D eigenvalue weighted by atomic mass is 19.2. The molecule has 0 unspecified atom stereocenters. The Hall–Kier alpha value is -2.37. The first-order valence-electron chi connectivity index (χ1n) is 6.07. The number of halogens is 2. The molecule has 104 valence electrons. The number of hydrogen-bond acceptors (Lipinski definition) is 3. The molecule has 20 heavy (non-hydrogen) atoms. The number of carbonyl (C=O) groups is 1. The van der Waals surface area contributed by atoms with E-state index in [1.54, 1.807) is 6.07 Å². The molecule has 0 spiro atoms. The van der Waals surface area contributed by atoms with Crippen LogP contribution in [0.3, 0.4) is 0 Å². The largest absolute Gasteiger partial charge is 0.320 e. The average Bonchev–Trinajstić information content (AvgIpc) is 2.43. The molecule has 6 heteroatoms. The van der Waals surface area contributed by atoms with E-state index in [0.717, 1.165) is 17.8 Å². The number of anilines is 1. The van der Waals surface area contributed by atoms with E-state index >= 15 is 0 Å². The first kappa shape index (κ1) is 14.0. The number of nitrogens with one attached hydrogen (secondary N) is 1. The van der Waals surface area contributed by atoms with Crippen molar-refractivity contribution in [1.29, 1.82) is 0 Å². The highest BCUT2D eigenvalue weighted by molar-refractivity contribution is 6.02. The summed E-state index contributed by atoms with van der Waals surface area (Å²) in [6, 6.07) is 6.36. The Morgan fingerprint density at radius 3 is 2.40 bits per heavy atom. The monoisotopic (exact) mass is 277 g/mol. The second-order valence-electron chi connectivity index (χ2n) is 4.58. The minimum Gasteiger partial charge on any atom is -0.320 e. The molecule has 1 N–H and O–H groups in total. The van der Waals surface area contributed by atoms with Crippen LogP contribution < -0.4 is 5.32 Å². The number of rotatable bonds is 3. The van der Waals surface area contributed by atoms with Crippen LogP contribution in [0.25, 0.3) is 0 Å². The van der Waals surface area contributed by atoms with Crippen LogP contribution in [-0.2, 0) is 0 Å². The molecule has 0 aliphatic rings. The lowest BCUT2D eigenvalue weighted by Gasteiger charge is -2.06. The molecular weight excluding hydrogens is 264 g/mol. The third kappa shape index (κ3) is 3.14. The van der Waals surface area contributed by atoms with Gasteiger partial charge in [0.05, 0.1) is 5.69 Å². The quantitative estimate of drug-likeness (QED) is 0.937. The molecule has 0 aliphatic heterocycles. The van der Waals surface area contributed by atoms with E-state index in [1.165, 1.54) is 12.1 Å². The molecule has 1 aromatic carbocycles. The molecule has 4 nitrogen and oxygen atoms in total. The van der Waals surface area contributed by atoms with E-state index in [-0.39, 0.29) is 17.3 Å². The molecular formula is C14H13F2N3O. The number of aromatic nitrogens is 2. The molecule has 0 bridgehead atoms. The van der Waals surface area contributed by atoms with Crippen molar-refractivity contribution < 1.29 is 13.6 Å². The zero-order chi connectivity index (χ0) is 14.7. The molecule has 0 saturated heterocycles. The summed E-state index contributed by atoms with van der Waals surface area (Å²) in [7, 11) is 0. The van der Waals surface area contributed by atoms with Gasteiger partial charge in [0, 0.05) is 11.8 Å². The summed E-state index contributed by atoms with van der Waals surface area (Å²) in [6.45, 7) is 3.93. The average molecular weight is 277 g/mol. The van der Waals surface area contributed by atoms with Crippen molar-refractivity contribution in [3.63, 3.8) is 0 Å². The lowest BCUT2D eigenvalue weighted by atomic mass is 10.1. The maximum Gasteiger partial charge on any atom is 0.276 e. The summed E-state index contributed by atoms with van der Waals surface area (Å²) in [6.07, 6.45) is 0. The SMILES string of the molecule is CC(C)c1ccc(C(=O)Nc2ccc(F)c(F)c2)nn1. The van der Waals surface area contributed by atoms with Crippen molar-refractivity contribution in [2.45, 2.75) is 19.8 Å². The normalized spacial score (nSPS) is 10.7. The summed E-state index contributed by atoms with van der Waals surface area (Å²) in [5.41, 5.74) is 1.04. The van der Waals surface area contributed by atoms with Gasteiger partial charge in [-0.25, -0.2) is 8.78 Å². The standard InChI is InChI=1S/C14H13F2N3O/c1-8(2)12-5-6-13(19-18-12)14(20)17-9-3-4-10(15)11(16)7-9/h3-8H,1-2H3,(H,17,20). The smallest absolute Gasteiger partial charge is 0.276 e. The van der Waals surface area contributed by atoms with Crippen LogP contribution >= 0.6 is 0 Å². The molecule has 0 radical (unpaired) electrons. The summed E-state index contributed by atoms with van der Waals surface area (Å²) in [5.74, 6) is -2.31. The van der Waals surface area contributed by atoms with Crippen molar-refractivity contribution in [1.82, 2.24) is 10.2 Å². The van der Waals surface area contributed by atoms with Gasteiger partial charge in [0.1, 0.15) is 0 Å². The summed E-state index contributed by atoms with van der Waals surface area (Å²) in [5, 5.41) is 10.2. The fourth-order valence-corrected chi connectivity index (χ4v) is 1.54. The van der Waals surface area contributed by atoms with Crippen molar-refractivity contribution in [2.75, 3.05) is 5.32 Å². The van der Waals surface area contributed by atoms with E-state index in [2.05, 4.69) is 15.5 Å². The Morgan fingerprint density at radius 1 is 1.10 bits per heavy atom. The maximum absolute atomic E-state index is 13.0. The Balaban J connectivity index is 2.13. The molecule has 0 atom stereocenters. The lowest BCUT2D eigenvalue weighted by Crippen LogP contribution is -2.15. The van der Waals surface area contributed by atoms with E-state index in [9.17, 15) is 13.6 Å². The van der Waals surface area contributed by atoms with Crippen molar-refractivity contribution in [3.05, 3.63) is 53.4 Å². The molecule has 0 fully saturated rings. The van der Waals surface area contributed by atoms with Crippen molar-refractivity contribution in [3.8, 4) is 0 Å². The summed E-state index contributed by atoms with van der Waals surface area (Å²) >= 11 is 0. The third-order valence-corrected chi connectivity index (χ3v) is 2.69. The van der Waals surface area contributed by atoms with Gasteiger partial charge < -0.3 is 5.32 Å². The minimum atomic E-state index is -1.02. The van der Waals surface area contributed by atoms with Gasteiger partial charge in [-0.3, -0.25) is 4.79 Å². The van der Waals surface area contributed by atoms with Crippen LogP contribution in [0, 0.1) is 11.6 Å². The Kier molecular flexibility index (Phi) is 4.02. The highest BCUT2D eigenvalue weighted by Gasteiger charge is 2.11. The Bertz CT molecular complexity index is 627. The van der Waals surface area contributed by atoms with Crippen molar-refractivity contribution >= 4 is 11.6 Å². The van der Waals surface area contributed by atoms with Gasteiger partial charge in [0.15, 0.2) is 17.3 Å². The fraction of sp³-hybridized carbons (Fsp3) is 0.214. The second kappa shape index (κ2) is 5.73. The van der Waals surface area contributed by atoms with Gasteiger partial charge in [-0.15, -0.1) is 5.10 Å². The predicted molar refractivity (Wildman–Crippen MR) is 70.4 cm³/mol. The van der Waals surface area contributed by atoms with Gasteiger partial charge in [-0.1, -0.05) is 13.8 Å². The molecule has 0 saturated carbocycles. The van der Waals surface area contributed by atoms with Crippen molar-refractivity contribution in [2.24, 2.45) is 0 Å². The molecule has 1 amide bonds. The van der Waals surface area contributed by atoms with Crippen LogP contribution in [0.1, 0.15) is 35.9 Å². The summed E-state index contributed by atoms with van der Waals surface area (Å²) in [4.78, 5) is 11.9. The first-order chi connectivity index (χ1) is 9.47.